The van der Waals surface area contributed by atoms with E-state index in [4.69, 9.17) is 9.47 Å². The molecule has 32 heavy (non-hydrogen) atoms. The zero-order chi connectivity index (χ0) is 23.1. The van der Waals surface area contributed by atoms with Gasteiger partial charge in [0.2, 0.25) is 0 Å². The molecule has 4 rings (SSSR count). The van der Waals surface area contributed by atoms with Crippen molar-refractivity contribution in [2.45, 2.75) is 18.2 Å². The van der Waals surface area contributed by atoms with Crippen molar-refractivity contribution in [2.75, 3.05) is 41.4 Å². The van der Waals surface area contributed by atoms with Crippen molar-refractivity contribution < 1.29 is 24.2 Å². The second-order valence-corrected chi connectivity index (χ2v) is 8.62. The standard InChI is InChI=1S/C23H28N4O5/c1-26-13-22(20(29)31-3)17(15-9-5-7-11-24-15)27(2)18(16-10-6-8-12-25-16)23(14-26,19(22)28)21(30)32-4/h5-12,17-19,28H,13-14H2,1-4H3. The minimum Gasteiger partial charge on any atom is -0.468 e. The lowest BCUT2D eigenvalue weighted by Crippen LogP contribution is -2.76. The summed E-state index contributed by atoms with van der Waals surface area (Å²) in [5, 5.41) is 12.0. The first-order chi connectivity index (χ1) is 15.3. The number of likely N-dealkylation sites (tertiary alicyclic amines) is 2. The second kappa shape index (κ2) is 8.23. The summed E-state index contributed by atoms with van der Waals surface area (Å²) in [4.78, 5) is 39.7. The molecule has 0 amide bonds. The van der Waals surface area contributed by atoms with Crippen LogP contribution in [0.3, 0.4) is 0 Å². The normalized spacial score (nSPS) is 32.8. The topological polar surface area (TPSA) is 105 Å². The monoisotopic (exact) mass is 440 g/mol. The Morgan fingerprint density at radius 2 is 1.34 bits per heavy atom. The lowest BCUT2D eigenvalue weighted by atomic mass is 9.53. The largest absolute Gasteiger partial charge is 0.468 e. The molecular formula is C23H28N4O5. The number of esters is 2. The smallest absolute Gasteiger partial charge is 0.317 e. The summed E-state index contributed by atoms with van der Waals surface area (Å²) in [5.41, 5.74) is -1.78. The molecule has 2 saturated heterocycles. The van der Waals surface area contributed by atoms with Crippen molar-refractivity contribution in [2.24, 2.45) is 10.8 Å². The molecule has 0 aromatic carbocycles. The van der Waals surface area contributed by atoms with E-state index in [1.807, 2.05) is 48.2 Å². The van der Waals surface area contributed by atoms with Gasteiger partial charge in [0.05, 0.1) is 43.8 Å². The zero-order valence-electron chi connectivity index (χ0n) is 18.6. The van der Waals surface area contributed by atoms with E-state index in [-0.39, 0.29) is 13.1 Å². The Kier molecular flexibility index (Phi) is 5.74. The van der Waals surface area contributed by atoms with Crippen molar-refractivity contribution in [3.8, 4) is 0 Å². The molecule has 0 radical (unpaired) electrons. The van der Waals surface area contributed by atoms with Gasteiger partial charge in [0.25, 0.3) is 0 Å². The Morgan fingerprint density at radius 3 is 1.69 bits per heavy atom. The van der Waals surface area contributed by atoms with Crippen molar-refractivity contribution >= 4 is 11.9 Å². The number of nitrogens with zero attached hydrogens (tertiary/aromatic N) is 4. The molecule has 2 aliphatic heterocycles. The number of rotatable bonds is 4. The predicted octanol–water partition coefficient (Wildman–Crippen LogP) is 0.829. The van der Waals surface area contributed by atoms with E-state index in [0.717, 1.165) is 0 Å². The van der Waals surface area contributed by atoms with Crippen LogP contribution in [0.1, 0.15) is 23.5 Å². The average molecular weight is 441 g/mol. The Hall–Kier alpha value is -2.88. The molecule has 0 aliphatic carbocycles. The Balaban J connectivity index is 2.06. The average Bonchev–Trinajstić information content (AvgIpc) is 2.81. The SMILES string of the molecule is COC(=O)C12CN(C)CC(C(=O)OC)(C(c3ccccn3)N(C)C1c1ccccn1)C2O. The predicted molar refractivity (Wildman–Crippen MR) is 114 cm³/mol. The second-order valence-electron chi connectivity index (χ2n) is 8.62. The number of fused-ring (bicyclic) bond motifs is 2. The van der Waals surface area contributed by atoms with Gasteiger partial charge in [-0.25, -0.2) is 0 Å². The van der Waals surface area contributed by atoms with Gasteiger partial charge in [0.15, 0.2) is 0 Å². The molecule has 4 heterocycles. The Morgan fingerprint density at radius 1 is 0.906 bits per heavy atom. The third-order valence-corrected chi connectivity index (χ3v) is 6.90. The first-order valence-electron chi connectivity index (χ1n) is 10.4. The number of hydrogen-bond donors (Lipinski definition) is 1. The fourth-order valence-corrected chi connectivity index (χ4v) is 5.91. The fraction of sp³-hybridized carbons (Fsp3) is 0.478. The number of aliphatic hydroxyl groups is 1. The number of aliphatic hydroxyl groups excluding tert-OH is 1. The number of piperidine rings is 2. The number of hydrogen-bond acceptors (Lipinski definition) is 9. The van der Waals surface area contributed by atoms with Crippen LogP contribution < -0.4 is 0 Å². The summed E-state index contributed by atoms with van der Waals surface area (Å²) >= 11 is 0. The van der Waals surface area contributed by atoms with E-state index in [9.17, 15) is 14.7 Å². The van der Waals surface area contributed by atoms with Crippen molar-refractivity contribution in [1.29, 1.82) is 0 Å². The quantitative estimate of drug-likeness (QED) is 0.692. The molecule has 2 bridgehead atoms. The summed E-state index contributed by atoms with van der Waals surface area (Å²) in [7, 11) is 6.22. The maximum absolute atomic E-state index is 13.4. The highest BCUT2D eigenvalue weighted by Crippen LogP contribution is 2.62. The molecule has 9 heteroatoms. The van der Waals surface area contributed by atoms with Crippen LogP contribution in [-0.4, -0.2) is 84.3 Å². The van der Waals surface area contributed by atoms with Crippen LogP contribution in [0, 0.1) is 10.8 Å². The Labute approximate surface area is 187 Å². The molecule has 2 aromatic rings. The summed E-state index contributed by atoms with van der Waals surface area (Å²) in [6.45, 7) is 0.361. The molecule has 2 aromatic heterocycles. The summed E-state index contributed by atoms with van der Waals surface area (Å²) < 4.78 is 10.5. The molecule has 0 saturated carbocycles. The van der Waals surface area contributed by atoms with Crippen molar-refractivity contribution in [3.05, 3.63) is 60.2 Å². The molecule has 4 unspecified atom stereocenters. The van der Waals surface area contributed by atoms with Gasteiger partial charge in [0, 0.05) is 25.5 Å². The summed E-state index contributed by atoms with van der Waals surface area (Å²) in [6.07, 6.45) is 1.89. The van der Waals surface area contributed by atoms with Crippen LogP contribution in [0.15, 0.2) is 48.8 Å². The van der Waals surface area contributed by atoms with Gasteiger partial charge in [-0.2, -0.15) is 0 Å². The number of aromatic nitrogens is 2. The number of ether oxygens (including phenoxy) is 2. The molecule has 2 aliphatic rings. The van der Waals surface area contributed by atoms with E-state index in [2.05, 4.69) is 9.97 Å². The third-order valence-electron chi connectivity index (χ3n) is 6.90. The number of carbonyl (C=O) groups excluding carboxylic acids is 2. The van der Waals surface area contributed by atoms with Gasteiger partial charge in [-0.1, -0.05) is 12.1 Å². The van der Waals surface area contributed by atoms with E-state index in [1.54, 1.807) is 24.5 Å². The lowest BCUT2D eigenvalue weighted by molar-refractivity contribution is -0.247. The van der Waals surface area contributed by atoms with Gasteiger partial charge in [-0.3, -0.25) is 24.5 Å². The molecule has 0 spiro atoms. The molecule has 9 nitrogen and oxygen atoms in total. The van der Waals surface area contributed by atoms with E-state index < -0.39 is 41.0 Å². The number of carbonyl (C=O) groups is 2. The first-order valence-corrected chi connectivity index (χ1v) is 10.4. The molecule has 170 valence electrons. The van der Waals surface area contributed by atoms with Gasteiger partial charge in [-0.15, -0.1) is 0 Å². The fourth-order valence-electron chi connectivity index (χ4n) is 5.91. The Bertz CT molecular complexity index is 913. The van der Waals surface area contributed by atoms with Crippen LogP contribution in [0.4, 0.5) is 0 Å². The first kappa shape index (κ1) is 22.3. The molecule has 1 N–H and O–H groups in total. The highest BCUT2D eigenvalue weighted by atomic mass is 16.5. The van der Waals surface area contributed by atoms with Gasteiger partial charge in [0.1, 0.15) is 10.8 Å². The minimum atomic E-state index is -1.48. The van der Waals surface area contributed by atoms with Crippen LogP contribution in [0.5, 0.6) is 0 Å². The van der Waals surface area contributed by atoms with Crippen molar-refractivity contribution in [3.63, 3.8) is 0 Å². The van der Waals surface area contributed by atoms with Crippen LogP contribution >= 0.6 is 0 Å². The number of pyridine rings is 2. The minimum absolute atomic E-state index is 0.181. The maximum atomic E-state index is 13.4. The van der Waals surface area contributed by atoms with E-state index in [0.29, 0.717) is 11.4 Å². The third kappa shape index (κ3) is 2.96. The summed E-state index contributed by atoms with van der Waals surface area (Å²) in [6, 6.07) is 9.50. The number of methoxy groups -OCH3 is 2. The van der Waals surface area contributed by atoms with Gasteiger partial charge >= 0.3 is 11.9 Å². The zero-order valence-corrected chi connectivity index (χ0v) is 18.6. The highest BCUT2D eigenvalue weighted by molar-refractivity contribution is 5.86. The highest BCUT2D eigenvalue weighted by Gasteiger charge is 2.74. The summed E-state index contributed by atoms with van der Waals surface area (Å²) in [5.74, 6) is -1.21. The van der Waals surface area contributed by atoms with Crippen LogP contribution in [0.25, 0.3) is 0 Å². The maximum Gasteiger partial charge on any atom is 0.317 e. The molecule has 4 atom stereocenters. The van der Waals surface area contributed by atoms with Gasteiger partial charge in [-0.05, 0) is 38.4 Å². The van der Waals surface area contributed by atoms with Crippen LogP contribution in [-0.2, 0) is 19.1 Å². The van der Waals surface area contributed by atoms with Crippen LogP contribution in [0.2, 0.25) is 0 Å². The molecule has 2 fully saturated rings. The van der Waals surface area contributed by atoms with E-state index >= 15 is 0 Å². The molecular weight excluding hydrogens is 412 g/mol. The van der Waals surface area contributed by atoms with E-state index in [1.165, 1.54) is 14.2 Å². The lowest BCUT2D eigenvalue weighted by Gasteiger charge is -2.64. The van der Waals surface area contributed by atoms with Gasteiger partial charge < -0.3 is 19.5 Å². The van der Waals surface area contributed by atoms with Crippen molar-refractivity contribution in [1.82, 2.24) is 19.8 Å².